The molecule has 1 saturated carbocycles. The Labute approximate surface area is 190 Å². The van der Waals surface area contributed by atoms with E-state index in [1.54, 1.807) is 12.1 Å². The fourth-order valence-electron chi connectivity index (χ4n) is 4.99. The maximum atomic E-state index is 13.3. The van der Waals surface area contributed by atoms with Crippen LogP contribution in [0.1, 0.15) is 42.0 Å². The molecule has 0 spiro atoms. The summed E-state index contributed by atoms with van der Waals surface area (Å²) < 4.78 is 28.4. The number of carboxylic acids is 1. The molecule has 6 nitrogen and oxygen atoms in total. The molecule has 2 N–H and O–H groups in total. The van der Waals surface area contributed by atoms with E-state index in [2.05, 4.69) is 9.71 Å². The number of carboxylic acid groups (broad SMARTS) is 1. The molecule has 0 amide bonds. The lowest BCUT2D eigenvalue weighted by Crippen LogP contribution is -2.48. The molecule has 31 heavy (non-hydrogen) atoms. The van der Waals surface area contributed by atoms with Crippen molar-refractivity contribution in [1.29, 1.82) is 0 Å². The zero-order chi connectivity index (χ0) is 21.8. The third-order valence-corrected chi connectivity index (χ3v) is 10.3. The van der Waals surface area contributed by atoms with Gasteiger partial charge in [-0.25, -0.2) is 8.42 Å². The Bertz CT molecular complexity index is 1180. The number of sulfonamides is 1. The number of hydrogen-bond acceptors (Lipinski definition) is 5. The van der Waals surface area contributed by atoms with Crippen molar-refractivity contribution in [2.45, 2.75) is 41.7 Å². The first-order valence-corrected chi connectivity index (χ1v) is 13.0. The maximum Gasteiger partial charge on any atom is 0.325 e. The van der Waals surface area contributed by atoms with E-state index in [1.807, 2.05) is 30.3 Å². The molecule has 1 fully saturated rings. The second kappa shape index (κ2) is 7.62. The molecule has 1 aromatic heterocycles. The molecule has 1 aliphatic heterocycles. The Morgan fingerprint density at radius 2 is 2.06 bits per heavy atom. The summed E-state index contributed by atoms with van der Waals surface area (Å²) in [5.74, 6) is -1.67. The van der Waals surface area contributed by atoms with E-state index in [4.69, 9.17) is 11.6 Å². The van der Waals surface area contributed by atoms with Crippen LogP contribution in [-0.2, 0) is 21.2 Å². The van der Waals surface area contributed by atoms with Gasteiger partial charge in [-0.05, 0) is 54.9 Å². The number of benzene rings is 1. The van der Waals surface area contributed by atoms with Gasteiger partial charge in [-0.3, -0.25) is 9.78 Å². The Morgan fingerprint density at radius 1 is 1.26 bits per heavy atom. The van der Waals surface area contributed by atoms with Gasteiger partial charge in [0.2, 0.25) is 10.0 Å². The molecule has 4 atom stereocenters. The fraction of sp³-hybridized carbons (Fsp3) is 0.364. The van der Waals surface area contributed by atoms with Crippen molar-refractivity contribution in [2.24, 2.45) is 5.92 Å². The van der Waals surface area contributed by atoms with Gasteiger partial charge in [0, 0.05) is 17.0 Å². The van der Waals surface area contributed by atoms with Crippen molar-refractivity contribution in [2.75, 3.05) is 0 Å². The molecule has 0 saturated heterocycles. The lowest BCUT2D eigenvalue weighted by atomic mass is 9.97. The predicted molar refractivity (Wildman–Crippen MR) is 121 cm³/mol. The number of nitrogens with zero attached hydrogens (tertiary/aromatic N) is 1. The quantitative estimate of drug-likeness (QED) is 0.676. The summed E-state index contributed by atoms with van der Waals surface area (Å²) in [5.41, 5.74) is 1.26. The number of thioether (sulfide) groups is 1. The lowest BCUT2D eigenvalue weighted by Gasteiger charge is -2.21. The molecule has 5 rings (SSSR count). The molecule has 2 aliphatic carbocycles. The fourth-order valence-corrected chi connectivity index (χ4v) is 8.29. The molecular formula is C22H21ClN2O4S2. The molecule has 1 aromatic carbocycles. The first-order valence-electron chi connectivity index (χ1n) is 10.2. The van der Waals surface area contributed by atoms with Gasteiger partial charge in [-0.2, -0.15) is 4.72 Å². The SMILES string of the molecule is O=C(O)C1(NS(=O)(=O)C2CC=C(c3ccc(Cl)cn3)S2)C2CCCc3ccccc3C21. The monoisotopic (exact) mass is 476 g/mol. The number of aryl methyl sites for hydroxylation is 1. The number of rotatable bonds is 5. The van der Waals surface area contributed by atoms with Crippen molar-refractivity contribution >= 4 is 44.3 Å². The highest BCUT2D eigenvalue weighted by molar-refractivity contribution is 8.18. The molecule has 3 aliphatic rings. The van der Waals surface area contributed by atoms with Gasteiger partial charge in [-0.15, -0.1) is 11.8 Å². The van der Waals surface area contributed by atoms with Crippen LogP contribution in [-0.4, -0.2) is 34.6 Å². The summed E-state index contributed by atoms with van der Waals surface area (Å²) in [5, 5.41) is 10.7. The third kappa shape index (κ3) is 3.50. The smallest absolute Gasteiger partial charge is 0.325 e. The third-order valence-electron chi connectivity index (χ3n) is 6.47. The van der Waals surface area contributed by atoms with Gasteiger partial charge < -0.3 is 5.11 Å². The van der Waals surface area contributed by atoms with Crippen molar-refractivity contribution in [3.05, 3.63) is 70.5 Å². The Hall–Kier alpha value is -1.87. The van der Waals surface area contributed by atoms with Crippen molar-refractivity contribution in [3.63, 3.8) is 0 Å². The number of pyridine rings is 1. The molecule has 9 heteroatoms. The first-order chi connectivity index (χ1) is 14.8. The van der Waals surface area contributed by atoms with Crippen LogP contribution in [0.15, 0.2) is 48.7 Å². The summed E-state index contributed by atoms with van der Waals surface area (Å²) in [6.07, 6.45) is 6.07. The highest BCUT2D eigenvalue weighted by Crippen LogP contribution is 2.62. The molecule has 4 unspecified atom stereocenters. The van der Waals surface area contributed by atoms with Gasteiger partial charge in [-0.1, -0.05) is 41.9 Å². The van der Waals surface area contributed by atoms with E-state index in [9.17, 15) is 18.3 Å². The minimum absolute atomic E-state index is 0.236. The molecule has 0 radical (unpaired) electrons. The maximum absolute atomic E-state index is 13.3. The number of allylic oxidation sites excluding steroid dienone is 1. The summed E-state index contributed by atoms with van der Waals surface area (Å²) in [6.45, 7) is 0. The van der Waals surface area contributed by atoms with Crippen molar-refractivity contribution in [3.8, 4) is 0 Å². The van der Waals surface area contributed by atoms with E-state index >= 15 is 0 Å². The van der Waals surface area contributed by atoms with E-state index in [-0.39, 0.29) is 11.8 Å². The highest BCUT2D eigenvalue weighted by Gasteiger charge is 2.72. The number of hydrogen-bond donors (Lipinski definition) is 2. The van der Waals surface area contributed by atoms with Gasteiger partial charge in [0.25, 0.3) is 0 Å². The van der Waals surface area contributed by atoms with Crippen LogP contribution in [0, 0.1) is 5.92 Å². The molecule has 2 heterocycles. The highest BCUT2D eigenvalue weighted by atomic mass is 35.5. The number of nitrogens with one attached hydrogen (secondary N) is 1. The zero-order valence-corrected chi connectivity index (χ0v) is 18.9. The zero-order valence-electron chi connectivity index (χ0n) is 16.5. The molecule has 2 aromatic rings. The van der Waals surface area contributed by atoms with Crippen molar-refractivity contribution in [1.82, 2.24) is 9.71 Å². The second-order valence-corrected chi connectivity index (χ2v) is 12.1. The minimum atomic E-state index is -3.90. The summed E-state index contributed by atoms with van der Waals surface area (Å²) in [4.78, 5) is 17.4. The molecule has 0 bridgehead atoms. The number of aromatic nitrogens is 1. The number of halogens is 1. The largest absolute Gasteiger partial charge is 0.480 e. The molecule has 162 valence electrons. The summed E-state index contributed by atoms with van der Waals surface area (Å²) in [6, 6.07) is 11.2. The second-order valence-electron chi connectivity index (χ2n) is 8.21. The Morgan fingerprint density at radius 3 is 2.81 bits per heavy atom. The van der Waals surface area contributed by atoms with Crippen LogP contribution >= 0.6 is 23.4 Å². The normalized spacial score (nSPS) is 29.5. The van der Waals surface area contributed by atoms with Crippen molar-refractivity contribution < 1.29 is 18.3 Å². The average molecular weight is 477 g/mol. The van der Waals surface area contributed by atoms with Gasteiger partial charge in [0.05, 0.1) is 10.7 Å². The Balaban J connectivity index is 1.40. The van der Waals surface area contributed by atoms with E-state index in [0.29, 0.717) is 23.6 Å². The first kappa shape index (κ1) is 21.0. The summed E-state index contributed by atoms with van der Waals surface area (Å²) >= 11 is 7.08. The van der Waals surface area contributed by atoms with Crippen LogP contribution < -0.4 is 4.72 Å². The summed E-state index contributed by atoms with van der Waals surface area (Å²) in [7, 11) is -3.90. The average Bonchev–Trinajstić information content (AvgIpc) is 3.14. The number of aliphatic carboxylic acids is 1. The minimum Gasteiger partial charge on any atom is -0.480 e. The van der Waals surface area contributed by atoms with Crippen LogP contribution in [0.4, 0.5) is 0 Å². The number of carbonyl (C=O) groups is 1. The van der Waals surface area contributed by atoms with Crippen LogP contribution in [0.5, 0.6) is 0 Å². The number of fused-ring (bicyclic) bond motifs is 3. The van der Waals surface area contributed by atoms with Crippen LogP contribution in [0.3, 0.4) is 0 Å². The van der Waals surface area contributed by atoms with Gasteiger partial charge >= 0.3 is 5.97 Å². The Kier molecular flexibility index (Phi) is 5.16. The van der Waals surface area contributed by atoms with Gasteiger partial charge in [0.1, 0.15) is 10.1 Å². The predicted octanol–water partition coefficient (Wildman–Crippen LogP) is 4.03. The van der Waals surface area contributed by atoms with E-state index in [1.165, 1.54) is 18.0 Å². The van der Waals surface area contributed by atoms with E-state index < -0.39 is 26.1 Å². The van der Waals surface area contributed by atoms with Crippen LogP contribution in [0.25, 0.3) is 4.91 Å². The topological polar surface area (TPSA) is 96.4 Å². The van der Waals surface area contributed by atoms with Crippen LogP contribution in [0.2, 0.25) is 5.02 Å². The van der Waals surface area contributed by atoms with E-state index in [0.717, 1.165) is 28.9 Å². The van der Waals surface area contributed by atoms with Gasteiger partial charge in [0.15, 0.2) is 0 Å². The standard InChI is InChI=1S/C22H21ClN2O4S2/c23-14-8-9-17(24-12-14)18-10-11-19(30-18)31(28,29)25-22(21(26)27)16-7-3-5-13-4-1-2-6-15(13)20(16)22/h1-2,4,6,8-10,12,16,19-20,25H,3,5,7,11H2,(H,26,27). The lowest BCUT2D eigenvalue weighted by molar-refractivity contribution is -0.140. The molecular weight excluding hydrogens is 456 g/mol.